The first kappa shape index (κ1) is 23.4. The van der Waals surface area contributed by atoms with E-state index in [1.807, 2.05) is 54.6 Å². The minimum atomic E-state index is -2.78. The molecule has 1 atom stereocenters. The Morgan fingerprint density at radius 1 is 0.594 bits per heavy atom. The highest BCUT2D eigenvalue weighted by Gasteiger charge is 2.39. The Hall–Kier alpha value is -3.27. The summed E-state index contributed by atoms with van der Waals surface area (Å²) in [5, 5.41) is 14.8. The van der Waals surface area contributed by atoms with E-state index in [1.165, 1.54) is 0 Å². The average molecular weight is 449 g/mol. The van der Waals surface area contributed by atoms with Crippen LogP contribution in [0.3, 0.4) is 0 Å². The number of benzene rings is 3. The molecule has 0 heterocycles. The second-order valence-electron chi connectivity index (χ2n) is 8.68. The second kappa shape index (κ2) is 9.91. The van der Waals surface area contributed by atoms with E-state index in [2.05, 4.69) is 90.8 Å². The highest BCUT2D eigenvalue weighted by molar-refractivity contribution is 7.16. The molecule has 0 saturated heterocycles. The minimum Gasteiger partial charge on any atom is -0.357 e. The van der Waals surface area contributed by atoms with Crippen LogP contribution < -0.4 is 15.6 Å². The van der Waals surface area contributed by atoms with Crippen LogP contribution in [0.1, 0.15) is 6.92 Å². The lowest BCUT2D eigenvalue weighted by atomic mass is 10.1. The van der Waals surface area contributed by atoms with Crippen molar-refractivity contribution in [2.75, 3.05) is 0 Å². The molecule has 0 aromatic heterocycles. The smallest absolute Gasteiger partial charge is 0.250 e. The van der Waals surface area contributed by atoms with Crippen LogP contribution in [0.25, 0.3) is 0 Å². The molecule has 3 aromatic rings. The van der Waals surface area contributed by atoms with Crippen LogP contribution in [-0.2, 0) is 0 Å². The van der Waals surface area contributed by atoms with Gasteiger partial charge in [0, 0.05) is 0 Å². The van der Waals surface area contributed by atoms with Crippen molar-refractivity contribution in [2.45, 2.75) is 32.2 Å². The van der Waals surface area contributed by atoms with Gasteiger partial charge in [-0.15, -0.1) is 17.0 Å². The van der Waals surface area contributed by atoms with Crippen LogP contribution in [0.2, 0.25) is 19.6 Å². The van der Waals surface area contributed by atoms with Crippen molar-refractivity contribution in [1.82, 2.24) is 0 Å². The lowest BCUT2D eigenvalue weighted by molar-refractivity contribution is 0.224. The van der Waals surface area contributed by atoms with Crippen molar-refractivity contribution in [1.29, 1.82) is 0 Å². The van der Waals surface area contributed by atoms with Crippen molar-refractivity contribution in [3.8, 4) is 34.8 Å². The zero-order chi connectivity index (χ0) is 23.1. The van der Waals surface area contributed by atoms with Gasteiger partial charge in [-0.25, -0.2) is 0 Å². The fraction of sp³-hybridized carbons (Fsp3) is 0.172. The first-order valence-corrected chi connectivity index (χ1v) is 16.2. The summed E-state index contributed by atoms with van der Waals surface area (Å²) in [6.07, 6.45) is 0. The molecule has 158 valence electrons. The van der Waals surface area contributed by atoms with Crippen LogP contribution in [0, 0.1) is 34.8 Å². The van der Waals surface area contributed by atoms with Crippen LogP contribution >= 0.6 is 0 Å². The van der Waals surface area contributed by atoms with Gasteiger partial charge in [-0.3, -0.25) is 0 Å². The number of hydrogen-bond donors (Lipinski definition) is 1. The zero-order valence-corrected chi connectivity index (χ0v) is 21.1. The summed E-state index contributed by atoms with van der Waals surface area (Å²) in [6, 6.07) is 31.2. The standard InChI is InChI=1S/C29H28OSi2/c1-5-21-29(30,22-24-31(2,3)4)23-25-32(26-15-9-6-10-16-26,27-17-11-7-12-18-27)28-19-13-8-14-20-28/h6-20,30H,1-4H3. The van der Waals surface area contributed by atoms with Gasteiger partial charge in [-0.1, -0.05) is 111 Å². The molecule has 0 aliphatic rings. The maximum atomic E-state index is 11.3. The van der Waals surface area contributed by atoms with Gasteiger partial charge in [0.1, 0.15) is 8.07 Å². The summed E-state index contributed by atoms with van der Waals surface area (Å²) in [5.74, 6) is 11.8. The number of aliphatic hydroxyl groups is 1. The summed E-state index contributed by atoms with van der Waals surface area (Å²) in [5.41, 5.74) is 5.18. The highest BCUT2D eigenvalue weighted by atomic mass is 28.3. The Labute approximate surface area is 194 Å². The summed E-state index contributed by atoms with van der Waals surface area (Å²) < 4.78 is 0. The first-order valence-electron chi connectivity index (χ1n) is 10.7. The predicted octanol–water partition coefficient (Wildman–Crippen LogP) is 3.33. The van der Waals surface area contributed by atoms with Crippen molar-refractivity contribution >= 4 is 31.7 Å². The monoisotopic (exact) mass is 448 g/mol. The Balaban J connectivity index is 2.36. The van der Waals surface area contributed by atoms with E-state index >= 15 is 0 Å². The second-order valence-corrected chi connectivity index (χ2v) is 16.9. The van der Waals surface area contributed by atoms with Crippen molar-refractivity contribution in [3.05, 3.63) is 91.0 Å². The van der Waals surface area contributed by atoms with Gasteiger partial charge < -0.3 is 5.11 Å². The third-order valence-corrected chi connectivity index (χ3v) is 9.95. The van der Waals surface area contributed by atoms with E-state index in [-0.39, 0.29) is 0 Å². The van der Waals surface area contributed by atoms with Crippen LogP contribution in [0.5, 0.6) is 0 Å². The van der Waals surface area contributed by atoms with Crippen LogP contribution in [0.15, 0.2) is 91.0 Å². The maximum Gasteiger partial charge on any atom is 0.250 e. The third kappa shape index (κ3) is 5.50. The van der Waals surface area contributed by atoms with Gasteiger partial charge in [0.05, 0.1) is 0 Å². The van der Waals surface area contributed by atoms with Gasteiger partial charge >= 0.3 is 0 Å². The normalized spacial score (nSPS) is 12.7. The predicted molar refractivity (Wildman–Crippen MR) is 141 cm³/mol. The average Bonchev–Trinajstić information content (AvgIpc) is 2.80. The number of hydrogen-bond acceptors (Lipinski definition) is 1. The van der Waals surface area contributed by atoms with Gasteiger partial charge in [0.2, 0.25) is 13.7 Å². The fourth-order valence-corrected chi connectivity index (χ4v) is 7.95. The van der Waals surface area contributed by atoms with Gasteiger partial charge in [-0.05, 0) is 40.2 Å². The molecule has 1 unspecified atom stereocenters. The Kier molecular flexibility index (Phi) is 7.24. The lowest BCUT2D eigenvalue weighted by Gasteiger charge is -2.28. The van der Waals surface area contributed by atoms with Crippen LogP contribution in [-0.4, -0.2) is 26.9 Å². The molecule has 0 saturated carbocycles. The van der Waals surface area contributed by atoms with E-state index in [4.69, 9.17) is 0 Å². The molecule has 0 aliphatic heterocycles. The molecule has 0 aliphatic carbocycles. The maximum absolute atomic E-state index is 11.3. The molecule has 3 heteroatoms. The molecule has 0 amide bonds. The zero-order valence-electron chi connectivity index (χ0n) is 19.1. The fourth-order valence-electron chi connectivity index (χ4n) is 3.52. The summed E-state index contributed by atoms with van der Waals surface area (Å²) in [6.45, 7) is 8.14. The SMILES string of the molecule is CC#CC(O)(C#C[Si](C)(C)C)C#C[Si](c1ccccc1)(c1ccccc1)c1ccccc1. The Bertz CT molecular complexity index is 1130. The van der Waals surface area contributed by atoms with Crippen LogP contribution in [0.4, 0.5) is 0 Å². The van der Waals surface area contributed by atoms with Crippen molar-refractivity contribution in [3.63, 3.8) is 0 Å². The van der Waals surface area contributed by atoms with E-state index in [9.17, 15) is 5.11 Å². The molecule has 3 aromatic carbocycles. The van der Waals surface area contributed by atoms with Crippen molar-refractivity contribution < 1.29 is 5.11 Å². The van der Waals surface area contributed by atoms with Gasteiger partial charge in [0.15, 0.2) is 0 Å². The van der Waals surface area contributed by atoms with E-state index < -0.39 is 21.7 Å². The van der Waals surface area contributed by atoms with Gasteiger partial charge in [-0.2, -0.15) is 0 Å². The van der Waals surface area contributed by atoms with Crippen molar-refractivity contribution in [2.24, 2.45) is 0 Å². The molecule has 0 spiro atoms. The molecule has 3 rings (SSSR count). The van der Waals surface area contributed by atoms with E-state index in [1.54, 1.807) is 6.92 Å². The largest absolute Gasteiger partial charge is 0.357 e. The van der Waals surface area contributed by atoms with E-state index in [0.29, 0.717) is 0 Å². The minimum absolute atomic E-state index is 1.16. The first-order chi connectivity index (χ1) is 15.3. The Morgan fingerprint density at radius 2 is 0.969 bits per heavy atom. The Morgan fingerprint density at radius 3 is 1.31 bits per heavy atom. The summed E-state index contributed by atoms with van der Waals surface area (Å²) in [4.78, 5) is 0. The molecule has 1 nitrogen and oxygen atoms in total. The molecular formula is C29H28OSi2. The molecule has 0 fully saturated rings. The van der Waals surface area contributed by atoms with E-state index in [0.717, 1.165) is 15.6 Å². The molecule has 0 radical (unpaired) electrons. The third-order valence-electron chi connectivity index (χ3n) is 4.98. The number of rotatable bonds is 3. The van der Waals surface area contributed by atoms with Gasteiger partial charge in [0.25, 0.3) is 0 Å². The summed E-state index contributed by atoms with van der Waals surface area (Å²) in [7, 11) is -4.49. The summed E-state index contributed by atoms with van der Waals surface area (Å²) >= 11 is 0. The molecular weight excluding hydrogens is 420 g/mol. The molecule has 32 heavy (non-hydrogen) atoms. The topological polar surface area (TPSA) is 20.2 Å². The lowest BCUT2D eigenvalue weighted by Crippen LogP contribution is -2.66. The highest BCUT2D eigenvalue weighted by Crippen LogP contribution is 2.09. The molecule has 1 N–H and O–H groups in total. The molecule has 0 bridgehead atoms. The quantitative estimate of drug-likeness (QED) is 0.370.